The van der Waals surface area contributed by atoms with Crippen molar-refractivity contribution in [1.82, 2.24) is 10.2 Å². The minimum Gasteiger partial charge on any atom is -0.487 e. The third-order valence-corrected chi connectivity index (χ3v) is 5.29. The van der Waals surface area contributed by atoms with Crippen LogP contribution in [0.4, 0.5) is 17.2 Å². The fourth-order valence-electron chi connectivity index (χ4n) is 3.30. The minimum atomic E-state index is -0.0831. The van der Waals surface area contributed by atoms with Crippen molar-refractivity contribution in [1.29, 1.82) is 10.5 Å². The van der Waals surface area contributed by atoms with Crippen molar-refractivity contribution < 1.29 is 4.74 Å². The number of nitrogens with one attached hydrogen (secondary N) is 3. The molecule has 4 aromatic rings. The van der Waals surface area contributed by atoms with Gasteiger partial charge in [0.25, 0.3) is 0 Å². The SMILES string of the molecule is N#CC(C#N)=C(COc1ccccc1)Nc1ccccc1NC(=S)Nc1ccc(-c2ccccc2)nn1. The van der Waals surface area contributed by atoms with Crippen molar-refractivity contribution in [3.8, 4) is 29.1 Å². The van der Waals surface area contributed by atoms with E-state index < -0.39 is 0 Å². The van der Waals surface area contributed by atoms with Crippen molar-refractivity contribution in [3.63, 3.8) is 0 Å². The van der Waals surface area contributed by atoms with Crippen LogP contribution in [0.15, 0.2) is 108 Å². The zero-order chi connectivity index (χ0) is 25.9. The van der Waals surface area contributed by atoms with Gasteiger partial charge in [-0.25, -0.2) is 0 Å². The van der Waals surface area contributed by atoms with E-state index in [0.717, 1.165) is 11.3 Å². The average molecular weight is 504 g/mol. The zero-order valence-corrected chi connectivity index (χ0v) is 20.4. The quantitative estimate of drug-likeness (QED) is 0.204. The first-order valence-electron chi connectivity index (χ1n) is 11.2. The second-order valence-corrected chi connectivity index (χ2v) is 8.01. The molecule has 180 valence electrons. The first kappa shape index (κ1) is 24.9. The number of nitriles is 2. The van der Waals surface area contributed by atoms with Crippen LogP contribution in [0.1, 0.15) is 0 Å². The molecule has 37 heavy (non-hydrogen) atoms. The van der Waals surface area contributed by atoms with E-state index in [4.69, 9.17) is 17.0 Å². The first-order valence-corrected chi connectivity index (χ1v) is 11.6. The Bertz CT molecular complexity index is 1460. The summed E-state index contributed by atoms with van der Waals surface area (Å²) in [5.41, 5.74) is 3.19. The second-order valence-electron chi connectivity index (χ2n) is 7.60. The van der Waals surface area contributed by atoms with Crippen LogP contribution < -0.4 is 20.7 Å². The molecule has 0 saturated carbocycles. The lowest BCUT2D eigenvalue weighted by atomic mass is 10.1. The van der Waals surface area contributed by atoms with E-state index in [1.807, 2.05) is 84.9 Å². The van der Waals surface area contributed by atoms with Crippen LogP contribution in [0.25, 0.3) is 11.3 Å². The molecule has 9 heteroatoms. The summed E-state index contributed by atoms with van der Waals surface area (Å²) >= 11 is 5.47. The van der Waals surface area contributed by atoms with Crippen molar-refractivity contribution in [3.05, 3.63) is 108 Å². The predicted molar refractivity (Wildman–Crippen MR) is 148 cm³/mol. The largest absolute Gasteiger partial charge is 0.487 e. The van der Waals surface area contributed by atoms with Gasteiger partial charge in [0.2, 0.25) is 0 Å². The molecule has 8 nitrogen and oxygen atoms in total. The van der Waals surface area contributed by atoms with Crippen molar-refractivity contribution in [2.75, 3.05) is 22.6 Å². The van der Waals surface area contributed by atoms with E-state index >= 15 is 0 Å². The fourth-order valence-corrected chi connectivity index (χ4v) is 3.51. The van der Waals surface area contributed by atoms with Crippen LogP contribution in [-0.4, -0.2) is 21.9 Å². The van der Waals surface area contributed by atoms with Crippen LogP contribution in [0.5, 0.6) is 5.75 Å². The van der Waals surface area contributed by atoms with Crippen LogP contribution in [0.3, 0.4) is 0 Å². The van der Waals surface area contributed by atoms with E-state index in [0.29, 0.717) is 33.8 Å². The summed E-state index contributed by atoms with van der Waals surface area (Å²) < 4.78 is 5.77. The molecule has 1 aromatic heterocycles. The number of ether oxygens (including phenoxy) is 1. The third-order valence-electron chi connectivity index (χ3n) is 5.09. The highest BCUT2D eigenvalue weighted by molar-refractivity contribution is 7.80. The lowest BCUT2D eigenvalue weighted by Gasteiger charge is -2.17. The number of rotatable bonds is 8. The van der Waals surface area contributed by atoms with Gasteiger partial charge in [-0.3, -0.25) is 0 Å². The normalized spacial score (nSPS) is 9.78. The zero-order valence-electron chi connectivity index (χ0n) is 19.6. The summed E-state index contributed by atoms with van der Waals surface area (Å²) in [6, 6.07) is 33.7. The van der Waals surface area contributed by atoms with E-state index in [9.17, 15) is 10.5 Å². The number of hydrogen-bond donors (Lipinski definition) is 3. The molecule has 0 fully saturated rings. The van der Waals surface area contributed by atoms with Gasteiger partial charge in [0.05, 0.1) is 22.8 Å². The van der Waals surface area contributed by atoms with Gasteiger partial charge in [0.15, 0.2) is 16.5 Å². The van der Waals surface area contributed by atoms with Crippen LogP contribution in [0.2, 0.25) is 0 Å². The number of benzene rings is 3. The third kappa shape index (κ3) is 6.89. The summed E-state index contributed by atoms with van der Waals surface area (Å²) in [6.07, 6.45) is 0. The summed E-state index contributed by atoms with van der Waals surface area (Å²) in [7, 11) is 0. The molecular weight excluding hydrogens is 482 g/mol. The predicted octanol–water partition coefficient (Wildman–Crippen LogP) is 5.74. The summed E-state index contributed by atoms with van der Waals surface area (Å²) in [6.45, 7) is 0.000843. The summed E-state index contributed by atoms with van der Waals surface area (Å²) in [4.78, 5) is 0. The van der Waals surface area contributed by atoms with Gasteiger partial charge in [-0.15, -0.1) is 10.2 Å². The molecule has 1 heterocycles. The lowest BCUT2D eigenvalue weighted by Crippen LogP contribution is -2.21. The number of nitrogens with zero attached hydrogens (tertiary/aromatic N) is 4. The highest BCUT2D eigenvalue weighted by Crippen LogP contribution is 2.24. The van der Waals surface area contributed by atoms with Crippen molar-refractivity contribution in [2.45, 2.75) is 0 Å². The van der Waals surface area contributed by atoms with Crippen LogP contribution in [0, 0.1) is 22.7 Å². The molecule has 0 aliphatic carbocycles. The molecule has 3 N–H and O–H groups in total. The second kappa shape index (κ2) is 12.5. The molecule has 0 aliphatic heterocycles. The molecule has 0 spiro atoms. The number of allylic oxidation sites excluding steroid dienone is 1. The Balaban J connectivity index is 1.45. The molecular formula is C28H21N7OS. The number of anilines is 3. The molecule has 4 rings (SSSR count). The molecule has 0 atom stereocenters. The van der Waals surface area contributed by atoms with Crippen LogP contribution in [-0.2, 0) is 0 Å². The maximum Gasteiger partial charge on any atom is 0.176 e. The number of hydrogen-bond acceptors (Lipinski definition) is 7. The van der Waals surface area contributed by atoms with E-state index in [2.05, 4.69) is 26.1 Å². The smallest absolute Gasteiger partial charge is 0.176 e. The first-order chi connectivity index (χ1) is 18.2. The van der Waals surface area contributed by atoms with Gasteiger partial charge in [0, 0.05) is 5.56 Å². The van der Waals surface area contributed by atoms with Gasteiger partial charge in [-0.1, -0.05) is 60.7 Å². The standard InChI is InChI=1S/C28H21N7OS/c29-17-21(18-30)26(19-36-22-11-5-2-6-12-22)31-24-13-7-8-14-25(24)32-28(37)33-27-16-15-23(34-35-27)20-9-3-1-4-10-20/h1-16,31H,19H2,(H2,32,33,35,37). The van der Waals surface area contributed by atoms with E-state index in [-0.39, 0.29) is 12.2 Å². The highest BCUT2D eigenvalue weighted by atomic mass is 32.1. The molecule has 0 radical (unpaired) electrons. The highest BCUT2D eigenvalue weighted by Gasteiger charge is 2.12. The van der Waals surface area contributed by atoms with Crippen LogP contribution >= 0.6 is 12.2 Å². The molecule has 0 unspecified atom stereocenters. The summed E-state index contributed by atoms with van der Waals surface area (Å²) in [5, 5.41) is 37.0. The maximum atomic E-state index is 9.46. The molecule has 0 saturated heterocycles. The van der Waals surface area contributed by atoms with Gasteiger partial charge >= 0.3 is 0 Å². The Morgan fingerprint density at radius 3 is 1.97 bits per heavy atom. The average Bonchev–Trinajstić information content (AvgIpc) is 2.94. The molecule has 3 aromatic carbocycles. The van der Waals surface area contributed by atoms with Gasteiger partial charge in [0.1, 0.15) is 24.5 Å². The molecule has 0 aliphatic rings. The minimum absolute atomic E-state index is 0.000843. The number of para-hydroxylation sites is 3. The Hall–Kier alpha value is -5.25. The Morgan fingerprint density at radius 2 is 1.35 bits per heavy atom. The van der Waals surface area contributed by atoms with E-state index in [1.54, 1.807) is 24.3 Å². The Kier molecular flexibility index (Phi) is 8.37. The fraction of sp³-hybridized carbons (Fsp3) is 0.0357. The van der Waals surface area contributed by atoms with Gasteiger partial charge in [-0.2, -0.15) is 10.5 Å². The van der Waals surface area contributed by atoms with Gasteiger partial charge in [-0.05, 0) is 48.6 Å². The molecule has 0 amide bonds. The van der Waals surface area contributed by atoms with Crippen molar-refractivity contribution >= 4 is 34.5 Å². The topological polar surface area (TPSA) is 119 Å². The van der Waals surface area contributed by atoms with E-state index in [1.165, 1.54) is 0 Å². The Morgan fingerprint density at radius 1 is 0.730 bits per heavy atom. The number of thiocarbonyl (C=S) groups is 1. The van der Waals surface area contributed by atoms with Gasteiger partial charge < -0.3 is 20.7 Å². The monoisotopic (exact) mass is 503 g/mol. The lowest BCUT2D eigenvalue weighted by molar-refractivity contribution is 0.353. The Labute approximate surface area is 219 Å². The van der Waals surface area contributed by atoms with Crippen molar-refractivity contribution in [2.24, 2.45) is 0 Å². The number of aromatic nitrogens is 2. The summed E-state index contributed by atoms with van der Waals surface area (Å²) in [5.74, 6) is 1.10. The molecule has 0 bridgehead atoms. The maximum absolute atomic E-state index is 9.46.